The average Bonchev–Trinajstić information content (AvgIpc) is 2.78. The fourth-order valence-electron chi connectivity index (χ4n) is 2.93. The van der Waals surface area contributed by atoms with E-state index in [9.17, 15) is 28.1 Å². The van der Waals surface area contributed by atoms with E-state index >= 15 is 0 Å². The van der Waals surface area contributed by atoms with E-state index in [1.54, 1.807) is 0 Å². The zero-order chi connectivity index (χ0) is 23.3. The van der Waals surface area contributed by atoms with Crippen molar-refractivity contribution in [3.63, 3.8) is 0 Å². The average molecular weight is 464 g/mol. The smallest absolute Gasteiger partial charge is 0.340 e. The number of carbonyl (C=O) groups excluding carboxylic acids is 2. The molecule has 32 heavy (non-hydrogen) atoms. The van der Waals surface area contributed by atoms with Crippen molar-refractivity contribution in [2.24, 2.45) is 0 Å². The second-order valence-electron chi connectivity index (χ2n) is 6.70. The number of non-ortho nitro benzene ring substituents is 1. The summed E-state index contributed by atoms with van der Waals surface area (Å²) < 4.78 is 36.8. The molecule has 0 radical (unpaired) electrons. The Kier molecular flexibility index (Phi) is 7.02. The van der Waals surface area contributed by atoms with Gasteiger partial charge in [-0.05, 0) is 24.3 Å². The lowest BCUT2D eigenvalue weighted by atomic mass is 10.1. The predicted molar refractivity (Wildman–Crippen MR) is 112 cm³/mol. The van der Waals surface area contributed by atoms with Gasteiger partial charge in [0, 0.05) is 30.9 Å². The van der Waals surface area contributed by atoms with Crippen LogP contribution in [0.3, 0.4) is 0 Å². The van der Waals surface area contributed by atoms with Gasteiger partial charge in [-0.2, -0.15) is 4.31 Å². The summed E-state index contributed by atoms with van der Waals surface area (Å²) in [6.07, 6.45) is 0. The quantitative estimate of drug-likeness (QED) is 0.262. The van der Waals surface area contributed by atoms with Crippen LogP contribution in [0.15, 0.2) is 47.4 Å². The highest BCUT2D eigenvalue weighted by Crippen LogP contribution is 2.22. The third-order valence-electron chi connectivity index (χ3n) is 4.53. The second kappa shape index (κ2) is 9.72. The first-order chi connectivity index (χ1) is 15.2. The van der Waals surface area contributed by atoms with Crippen molar-refractivity contribution in [3.05, 3.63) is 58.1 Å². The van der Waals surface area contributed by atoms with E-state index in [4.69, 9.17) is 15.2 Å². The first kappa shape index (κ1) is 23.1. The molecule has 0 unspecified atom stereocenters. The summed E-state index contributed by atoms with van der Waals surface area (Å²) in [7, 11) is -3.74. The van der Waals surface area contributed by atoms with Crippen molar-refractivity contribution in [1.82, 2.24) is 4.31 Å². The fraction of sp³-hybridized carbons (Fsp3) is 0.263. The molecule has 3 rings (SSSR count). The van der Waals surface area contributed by atoms with Gasteiger partial charge in [-0.1, -0.05) is 6.07 Å². The van der Waals surface area contributed by atoms with Crippen LogP contribution in [0.25, 0.3) is 0 Å². The highest BCUT2D eigenvalue weighted by molar-refractivity contribution is 7.89. The Morgan fingerprint density at radius 2 is 1.91 bits per heavy atom. The molecule has 13 heteroatoms. The number of esters is 1. The van der Waals surface area contributed by atoms with Gasteiger partial charge in [-0.25, -0.2) is 13.2 Å². The number of morpholine rings is 1. The molecule has 0 saturated carbocycles. The van der Waals surface area contributed by atoms with E-state index in [0.29, 0.717) is 13.2 Å². The topological polar surface area (TPSA) is 171 Å². The number of amides is 1. The van der Waals surface area contributed by atoms with Gasteiger partial charge >= 0.3 is 5.97 Å². The number of hydrogen-bond donors (Lipinski definition) is 2. The van der Waals surface area contributed by atoms with Crippen LogP contribution in [-0.2, 0) is 24.3 Å². The molecule has 12 nitrogen and oxygen atoms in total. The van der Waals surface area contributed by atoms with Crippen LogP contribution >= 0.6 is 0 Å². The molecule has 170 valence electrons. The number of nitro benzene ring substituents is 1. The summed E-state index contributed by atoms with van der Waals surface area (Å²) >= 11 is 0. The van der Waals surface area contributed by atoms with Gasteiger partial charge in [0.25, 0.3) is 11.6 Å². The summed E-state index contributed by atoms with van der Waals surface area (Å²) in [6, 6.07) is 8.92. The zero-order valence-electron chi connectivity index (χ0n) is 16.7. The molecule has 0 spiro atoms. The lowest BCUT2D eigenvalue weighted by molar-refractivity contribution is -0.384. The third kappa shape index (κ3) is 5.38. The van der Waals surface area contributed by atoms with Crippen molar-refractivity contribution >= 4 is 39.0 Å². The van der Waals surface area contributed by atoms with Crippen LogP contribution in [0.2, 0.25) is 0 Å². The summed E-state index contributed by atoms with van der Waals surface area (Å²) in [6.45, 7) is 0.414. The number of rotatable bonds is 7. The Bertz CT molecular complexity index is 1150. The fourth-order valence-corrected chi connectivity index (χ4v) is 4.38. The summed E-state index contributed by atoms with van der Waals surface area (Å²) in [5.74, 6) is -1.64. The maximum atomic E-state index is 12.7. The molecule has 1 fully saturated rings. The van der Waals surface area contributed by atoms with Crippen molar-refractivity contribution in [2.45, 2.75) is 4.90 Å². The molecule has 2 aromatic carbocycles. The highest BCUT2D eigenvalue weighted by Gasteiger charge is 2.26. The molecule has 0 aromatic heterocycles. The number of nitrogens with zero attached hydrogens (tertiary/aromatic N) is 2. The SMILES string of the molecule is Nc1cc([N+](=O)[O-])ccc1C(=O)OCC(=O)Nc1cccc(S(=O)(=O)N2CCOCC2)c1. The van der Waals surface area contributed by atoms with Crippen LogP contribution in [0.1, 0.15) is 10.4 Å². The van der Waals surface area contributed by atoms with Gasteiger partial charge in [0.1, 0.15) is 0 Å². The number of benzene rings is 2. The molecule has 1 aliphatic rings. The Morgan fingerprint density at radius 1 is 1.19 bits per heavy atom. The van der Waals surface area contributed by atoms with Crippen LogP contribution in [0.5, 0.6) is 0 Å². The number of anilines is 2. The zero-order valence-corrected chi connectivity index (χ0v) is 17.5. The van der Waals surface area contributed by atoms with Crippen LogP contribution in [0, 0.1) is 10.1 Å². The Morgan fingerprint density at radius 3 is 2.56 bits per heavy atom. The third-order valence-corrected chi connectivity index (χ3v) is 6.42. The molecule has 1 saturated heterocycles. The maximum Gasteiger partial charge on any atom is 0.340 e. The molecule has 0 bridgehead atoms. The normalized spacial score (nSPS) is 14.5. The number of hydrogen-bond acceptors (Lipinski definition) is 9. The minimum Gasteiger partial charge on any atom is -0.452 e. The minimum absolute atomic E-state index is 0.00727. The number of nitro groups is 1. The van der Waals surface area contributed by atoms with E-state index in [-0.39, 0.29) is 40.6 Å². The standard InChI is InChI=1S/C19H20N4O8S/c20-17-11-14(23(26)27)4-5-16(17)19(25)31-12-18(24)21-13-2-1-3-15(10-13)32(28,29)22-6-8-30-9-7-22/h1-5,10-11H,6-9,12,20H2,(H,21,24). The number of ether oxygens (including phenoxy) is 2. The van der Waals surface area contributed by atoms with Gasteiger partial charge in [-0.3, -0.25) is 14.9 Å². The van der Waals surface area contributed by atoms with Crippen molar-refractivity contribution in [1.29, 1.82) is 0 Å². The van der Waals surface area contributed by atoms with E-state index in [2.05, 4.69) is 5.32 Å². The van der Waals surface area contributed by atoms with Crippen LogP contribution < -0.4 is 11.1 Å². The van der Waals surface area contributed by atoms with E-state index < -0.39 is 33.4 Å². The van der Waals surface area contributed by atoms with E-state index in [0.717, 1.165) is 18.2 Å². The van der Waals surface area contributed by atoms with Crippen molar-refractivity contribution in [3.8, 4) is 0 Å². The molecule has 2 aromatic rings. The Labute approximate surface area is 183 Å². The molecule has 0 aliphatic carbocycles. The first-order valence-corrected chi connectivity index (χ1v) is 10.8. The number of nitrogens with one attached hydrogen (secondary N) is 1. The second-order valence-corrected chi connectivity index (χ2v) is 8.64. The van der Waals surface area contributed by atoms with E-state index in [1.165, 1.54) is 28.6 Å². The van der Waals surface area contributed by atoms with Gasteiger partial charge in [0.2, 0.25) is 10.0 Å². The van der Waals surface area contributed by atoms with Gasteiger partial charge < -0.3 is 20.5 Å². The molecule has 3 N–H and O–H groups in total. The summed E-state index contributed by atoms with van der Waals surface area (Å²) in [5, 5.41) is 13.2. The van der Waals surface area contributed by atoms with Crippen molar-refractivity contribution in [2.75, 3.05) is 44.0 Å². The van der Waals surface area contributed by atoms with Gasteiger partial charge in [-0.15, -0.1) is 0 Å². The van der Waals surface area contributed by atoms with Gasteiger partial charge in [0.15, 0.2) is 6.61 Å². The Hall–Kier alpha value is -3.55. The van der Waals surface area contributed by atoms with E-state index in [1.807, 2.05) is 0 Å². The maximum absolute atomic E-state index is 12.7. The summed E-state index contributed by atoms with van der Waals surface area (Å²) in [4.78, 5) is 34.4. The molecule has 0 atom stereocenters. The minimum atomic E-state index is -3.74. The molecule has 1 amide bonds. The highest BCUT2D eigenvalue weighted by atomic mass is 32.2. The molecule has 1 aliphatic heterocycles. The van der Waals surface area contributed by atoms with Crippen LogP contribution in [-0.4, -0.2) is 62.4 Å². The number of sulfonamides is 1. The number of carbonyl (C=O) groups is 2. The summed E-state index contributed by atoms with van der Waals surface area (Å²) in [5.41, 5.74) is 5.27. The Balaban J connectivity index is 1.61. The van der Waals surface area contributed by atoms with Gasteiger partial charge in [0.05, 0.1) is 34.3 Å². The molecular formula is C19H20N4O8S. The molecular weight excluding hydrogens is 444 g/mol. The predicted octanol–water partition coefficient (Wildman–Crippen LogP) is 0.993. The number of nitrogen functional groups attached to an aromatic ring is 1. The lowest BCUT2D eigenvalue weighted by Gasteiger charge is -2.26. The van der Waals surface area contributed by atoms with Crippen molar-refractivity contribution < 1.29 is 32.4 Å². The van der Waals surface area contributed by atoms with Crippen LogP contribution in [0.4, 0.5) is 17.1 Å². The lowest BCUT2D eigenvalue weighted by Crippen LogP contribution is -2.40. The largest absolute Gasteiger partial charge is 0.452 e. The first-order valence-electron chi connectivity index (χ1n) is 9.37. The monoisotopic (exact) mass is 464 g/mol. The number of nitrogens with two attached hydrogens (primary N) is 1. The molecule has 1 heterocycles.